The third-order valence-electron chi connectivity index (χ3n) is 2.42. The van der Waals surface area contributed by atoms with Gasteiger partial charge in [0.25, 0.3) is 5.56 Å². The molecule has 0 aliphatic rings. The Kier molecular flexibility index (Phi) is 2.93. The molecular weight excluding hydrogens is 216 g/mol. The van der Waals surface area contributed by atoms with Crippen molar-refractivity contribution in [1.82, 2.24) is 4.57 Å². The van der Waals surface area contributed by atoms with E-state index >= 15 is 0 Å². The summed E-state index contributed by atoms with van der Waals surface area (Å²) in [4.78, 5) is 12.0. The van der Waals surface area contributed by atoms with Gasteiger partial charge in [0.2, 0.25) is 0 Å². The second-order valence-corrected chi connectivity index (χ2v) is 3.38. The predicted octanol–water partition coefficient (Wildman–Crippen LogP) is 1.72. The Hall–Kier alpha value is -2.54. The smallest absolute Gasteiger partial charge is 0.276 e. The molecule has 0 spiro atoms. The average Bonchev–Trinajstić information content (AvgIpc) is 2.39. The zero-order chi connectivity index (χ0) is 12.3. The molecule has 2 aromatic rings. The maximum absolute atomic E-state index is 12.0. The van der Waals surface area contributed by atoms with Gasteiger partial charge >= 0.3 is 0 Å². The molecule has 0 amide bonds. The number of aromatic nitrogens is 1. The molecule has 0 atom stereocenters. The van der Waals surface area contributed by atoms with E-state index in [1.807, 2.05) is 24.3 Å². The Morgan fingerprint density at radius 2 is 1.94 bits per heavy atom. The summed E-state index contributed by atoms with van der Waals surface area (Å²) in [7, 11) is 1.43. The SMILES string of the molecule is COc1ccn(-c2ccccc2)c(=O)c1C#N. The number of nitrogens with zero attached hydrogens (tertiary/aromatic N) is 2. The van der Waals surface area contributed by atoms with E-state index in [0.29, 0.717) is 5.75 Å². The van der Waals surface area contributed by atoms with Crippen molar-refractivity contribution in [3.63, 3.8) is 0 Å². The van der Waals surface area contributed by atoms with E-state index in [4.69, 9.17) is 10.00 Å². The van der Waals surface area contributed by atoms with Crippen LogP contribution in [-0.4, -0.2) is 11.7 Å². The Balaban J connectivity index is 2.68. The lowest BCUT2D eigenvalue weighted by Gasteiger charge is -2.08. The third kappa shape index (κ3) is 1.91. The van der Waals surface area contributed by atoms with E-state index in [1.54, 1.807) is 24.4 Å². The van der Waals surface area contributed by atoms with Crippen LogP contribution < -0.4 is 10.3 Å². The molecule has 0 unspecified atom stereocenters. The minimum atomic E-state index is -0.377. The fraction of sp³-hybridized carbons (Fsp3) is 0.0769. The largest absolute Gasteiger partial charge is 0.495 e. The number of ether oxygens (including phenoxy) is 1. The van der Waals surface area contributed by atoms with Crippen molar-refractivity contribution < 1.29 is 4.74 Å². The first kappa shape index (κ1) is 11.0. The van der Waals surface area contributed by atoms with Gasteiger partial charge in [0.15, 0.2) is 5.56 Å². The summed E-state index contributed by atoms with van der Waals surface area (Å²) in [5, 5.41) is 8.96. The van der Waals surface area contributed by atoms with Crippen molar-refractivity contribution in [3.05, 3.63) is 58.5 Å². The first-order chi connectivity index (χ1) is 8.27. The molecular formula is C13H10N2O2. The molecule has 4 heteroatoms. The van der Waals surface area contributed by atoms with Crippen LogP contribution in [0.25, 0.3) is 5.69 Å². The summed E-state index contributed by atoms with van der Waals surface area (Å²) >= 11 is 0. The lowest BCUT2D eigenvalue weighted by Crippen LogP contribution is -2.20. The van der Waals surface area contributed by atoms with Crippen molar-refractivity contribution >= 4 is 0 Å². The minimum absolute atomic E-state index is 0.0128. The molecule has 0 fully saturated rings. The van der Waals surface area contributed by atoms with Crippen molar-refractivity contribution in [2.24, 2.45) is 0 Å². The Morgan fingerprint density at radius 3 is 2.53 bits per heavy atom. The summed E-state index contributed by atoms with van der Waals surface area (Å²) in [5.41, 5.74) is 0.355. The molecule has 1 heterocycles. The van der Waals surface area contributed by atoms with E-state index < -0.39 is 0 Å². The predicted molar refractivity (Wildman–Crippen MR) is 63.3 cm³/mol. The topological polar surface area (TPSA) is 55.0 Å². The van der Waals surface area contributed by atoms with Gasteiger partial charge in [0.1, 0.15) is 11.8 Å². The van der Waals surface area contributed by atoms with Crippen LogP contribution in [0.5, 0.6) is 5.75 Å². The summed E-state index contributed by atoms with van der Waals surface area (Å²) < 4.78 is 6.39. The lowest BCUT2D eigenvalue weighted by atomic mass is 10.2. The first-order valence-electron chi connectivity index (χ1n) is 5.03. The van der Waals surface area contributed by atoms with Gasteiger partial charge < -0.3 is 4.74 Å². The van der Waals surface area contributed by atoms with Crippen molar-refractivity contribution in [3.8, 4) is 17.5 Å². The van der Waals surface area contributed by atoms with Gasteiger partial charge in [-0.25, -0.2) is 0 Å². The van der Waals surface area contributed by atoms with Crippen LogP contribution in [-0.2, 0) is 0 Å². The quantitative estimate of drug-likeness (QED) is 0.783. The normalized spacial score (nSPS) is 9.65. The van der Waals surface area contributed by atoms with E-state index in [-0.39, 0.29) is 11.1 Å². The molecule has 1 aromatic carbocycles. The van der Waals surface area contributed by atoms with E-state index in [9.17, 15) is 4.79 Å². The number of nitriles is 1. The van der Waals surface area contributed by atoms with Gasteiger partial charge in [0.05, 0.1) is 7.11 Å². The Morgan fingerprint density at radius 1 is 1.24 bits per heavy atom. The number of methoxy groups -OCH3 is 1. The standard InChI is InChI=1S/C13H10N2O2/c1-17-12-7-8-15(13(16)11(12)9-14)10-5-3-2-4-6-10/h2-8H,1H3. The van der Waals surface area contributed by atoms with E-state index in [2.05, 4.69) is 0 Å². The summed E-state index contributed by atoms with van der Waals surface area (Å²) in [5.74, 6) is 0.296. The molecule has 84 valence electrons. The zero-order valence-electron chi connectivity index (χ0n) is 9.25. The van der Waals surface area contributed by atoms with Gasteiger partial charge in [-0.3, -0.25) is 9.36 Å². The molecule has 0 saturated heterocycles. The molecule has 2 rings (SSSR count). The van der Waals surface area contributed by atoms with Crippen LogP contribution >= 0.6 is 0 Å². The highest BCUT2D eigenvalue weighted by atomic mass is 16.5. The molecule has 4 nitrogen and oxygen atoms in total. The summed E-state index contributed by atoms with van der Waals surface area (Å²) in [6.07, 6.45) is 1.59. The number of para-hydroxylation sites is 1. The molecule has 0 N–H and O–H groups in total. The molecule has 0 bridgehead atoms. The lowest BCUT2D eigenvalue weighted by molar-refractivity contribution is 0.411. The highest BCUT2D eigenvalue weighted by molar-refractivity contribution is 5.43. The van der Waals surface area contributed by atoms with Crippen molar-refractivity contribution in [2.75, 3.05) is 7.11 Å². The number of hydrogen-bond acceptors (Lipinski definition) is 3. The van der Waals surface area contributed by atoms with Crippen LogP contribution in [0.1, 0.15) is 5.56 Å². The fourth-order valence-corrected chi connectivity index (χ4v) is 1.58. The zero-order valence-corrected chi connectivity index (χ0v) is 9.25. The van der Waals surface area contributed by atoms with Gasteiger partial charge in [-0.1, -0.05) is 18.2 Å². The van der Waals surface area contributed by atoms with Crippen molar-refractivity contribution in [2.45, 2.75) is 0 Å². The van der Waals surface area contributed by atoms with Crippen LogP contribution in [0.4, 0.5) is 0 Å². The molecule has 0 aliphatic carbocycles. The number of hydrogen-bond donors (Lipinski definition) is 0. The monoisotopic (exact) mass is 226 g/mol. The van der Waals surface area contributed by atoms with Crippen LogP contribution in [0.3, 0.4) is 0 Å². The molecule has 1 aromatic heterocycles. The highest BCUT2D eigenvalue weighted by Gasteiger charge is 2.10. The first-order valence-corrected chi connectivity index (χ1v) is 5.03. The highest BCUT2D eigenvalue weighted by Crippen LogP contribution is 2.14. The fourth-order valence-electron chi connectivity index (χ4n) is 1.58. The van der Waals surface area contributed by atoms with Crippen LogP contribution in [0.2, 0.25) is 0 Å². The molecule has 0 radical (unpaired) electrons. The van der Waals surface area contributed by atoms with E-state index in [1.165, 1.54) is 11.7 Å². The van der Waals surface area contributed by atoms with Gasteiger partial charge in [-0.2, -0.15) is 5.26 Å². The van der Waals surface area contributed by atoms with Crippen LogP contribution in [0.15, 0.2) is 47.4 Å². The Labute approximate surface area is 98.3 Å². The average molecular weight is 226 g/mol. The number of pyridine rings is 1. The maximum Gasteiger partial charge on any atom is 0.276 e. The second kappa shape index (κ2) is 4.54. The Bertz CT molecular complexity index is 624. The molecule has 17 heavy (non-hydrogen) atoms. The van der Waals surface area contributed by atoms with Gasteiger partial charge in [-0.15, -0.1) is 0 Å². The van der Waals surface area contributed by atoms with Gasteiger partial charge in [-0.05, 0) is 18.2 Å². The molecule has 0 aliphatic heterocycles. The van der Waals surface area contributed by atoms with Crippen molar-refractivity contribution in [1.29, 1.82) is 5.26 Å². The molecule has 0 saturated carbocycles. The maximum atomic E-state index is 12.0. The number of rotatable bonds is 2. The van der Waals surface area contributed by atoms with E-state index in [0.717, 1.165) is 5.69 Å². The van der Waals surface area contributed by atoms with Gasteiger partial charge in [0, 0.05) is 11.9 Å². The number of benzene rings is 1. The second-order valence-electron chi connectivity index (χ2n) is 3.38. The summed E-state index contributed by atoms with van der Waals surface area (Å²) in [6.45, 7) is 0. The third-order valence-corrected chi connectivity index (χ3v) is 2.42. The summed E-state index contributed by atoms with van der Waals surface area (Å²) in [6, 6.07) is 12.6. The van der Waals surface area contributed by atoms with Crippen LogP contribution in [0, 0.1) is 11.3 Å². The minimum Gasteiger partial charge on any atom is -0.495 e.